The van der Waals surface area contributed by atoms with Crippen molar-refractivity contribution in [2.45, 2.75) is 13.3 Å². The largest absolute Gasteiger partial charge is 0.354 e. The summed E-state index contributed by atoms with van der Waals surface area (Å²) in [5.41, 5.74) is 0. The Balaban J connectivity index is 2.56. The summed E-state index contributed by atoms with van der Waals surface area (Å²) in [4.78, 5) is 8.23. The van der Waals surface area contributed by atoms with E-state index in [9.17, 15) is 0 Å². The van der Waals surface area contributed by atoms with Crippen molar-refractivity contribution < 1.29 is 0 Å². The van der Waals surface area contributed by atoms with E-state index in [0.717, 1.165) is 22.6 Å². The maximum Gasteiger partial charge on any atom is 0.223 e. The summed E-state index contributed by atoms with van der Waals surface area (Å²) in [6.45, 7) is 3.04. The summed E-state index contributed by atoms with van der Waals surface area (Å²) in [5.74, 6) is 0.721. The van der Waals surface area contributed by atoms with Gasteiger partial charge in [0, 0.05) is 12.7 Å². The van der Waals surface area contributed by atoms with Crippen molar-refractivity contribution >= 4 is 28.5 Å². The molecular weight excluding hydrogens is 253 g/mol. The van der Waals surface area contributed by atoms with Gasteiger partial charge in [0.2, 0.25) is 5.95 Å². The lowest BCUT2D eigenvalue weighted by Crippen LogP contribution is -2.04. The maximum atomic E-state index is 4.18. The predicted molar refractivity (Wildman–Crippen MR) is 53.5 cm³/mol. The van der Waals surface area contributed by atoms with E-state index in [4.69, 9.17) is 0 Å². The quantitative estimate of drug-likeness (QED) is 0.668. The van der Waals surface area contributed by atoms with Crippen molar-refractivity contribution in [2.75, 3.05) is 11.9 Å². The zero-order chi connectivity index (χ0) is 8.10. The van der Waals surface area contributed by atoms with Gasteiger partial charge < -0.3 is 5.32 Å². The van der Waals surface area contributed by atoms with E-state index in [1.54, 1.807) is 6.20 Å². The first-order valence-corrected chi connectivity index (χ1v) is 4.63. The molecule has 0 fully saturated rings. The molecular formula is C7H10IN3. The molecule has 1 rings (SSSR count). The van der Waals surface area contributed by atoms with Gasteiger partial charge in [0.05, 0.1) is 0 Å². The van der Waals surface area contributed by atoms with Gasteiger partial charge in [0.1, 0.15) is 3.70 Å². The van der Waals surface area contributed by atoms with Crippen LogP contribution in [0.2, 0.25) is 0 Å². The van der Waals surface area contributed by atoms with Gasteiger partial charge in [-0.1, -0.05) is 6.92 Å². The Kier molecular flexibility index (Phi) is 3.55. The van der Waals surface area contributed by atoms with Gasteiger partial charge in [-0.3, -0.25) is 0 Å². The third-order valence-electron chi connectivity index (χ3n) is 1.15. The molecule has 0 bridgehead atoms. The van der Waals surface area contributed by atoms with Crippen LogP contribution in [0.5, 0.6) is 0 Å². The minimum Gasteiger partial charge on any atom is -0.354 e. The second-order valence-electron chi connectivity index (χ2n) is 2.13. The van der Waals surface area contributed by atoms with Crippen LogP contribution >= 0.6 is 22.6 Å². The highest BCUT2D eigenvalue weighted by atomic mass is 127. The van der Waals surface area contributed by atoms with Gasteiger partial charge in [0.25, 0.3) is 0 Å². The fourth-order valence-electron chi connectivity index (χ4n) is 0.659. The van der Waals surface area contributed by atoms with Crippen LogP contribution in [0.15, 0.2) is 12.3 Å². The number of nitrogens with zero attached hydrogens (tertiary/aromatic N) is 2. The lowest BCUT2D eigenvalue weighted by Gasteiger charge is -2.00. The maximum absolute atomic E-state index is 4.18. The average molecular weight is 263 g/mol. The van der Waals surface area contributed by atoms with Gasteiger partial charge in [-0.05, 0) is 35.1 Å². The van der Waals surface area contributed by atoms with Crippen LogP contribution in [0, 0.1) is 3.70 Å². The fourth-order valence-corrected chi connectivity index (χ4v) is 1.05. The normalized spacial score (nSPS) is 9.64. The standard InChI is InChI=1S/C7H10IN3/c1-2-4-9-7-10-5-3-6(8)11-7/h3,5H,2,4H2,1H3,(H,9,10,11). The van der Waals surface area contributed by atoms with Gasteiger partial charge >= 0.3 is 0 Å². The first-order chi connectivity index (χ1) is 5.33. The van der Waals surface area contributed by atoms with Crippen LogP contribution in [0.1, 0.15) is 13.3 Å². The molecule has 0 saturated heterocycles. The molecule has 0 atom stereocenters. The molecule has 0 aliphatic heterocycles. The SMILES string of the molecule is CCCNc1nccc(I)n1. The molecule has 0 spiro atoms. The van der Waals surface area contributed by atoms with Gasteiger partial charge in [0.15, 0.2) is 0 Å². The van der Waals surface area contributed by atoms with E-state index in [0.29, 0.717) is 0 Å². The number of nitrogens with one attached hydrogen (secondary N) is 1. The van der Waals surface area contributed by atoms with Crippen molar-refractivity contribution in [2.24, 2.45) is 0 Å². The Morgan fingerprint density at radius 1 is 1.64 bits per heavy atom. The Labute approximate surface area is 79.8 Å². The van der Waals surface area contributed by atoms with E-state index < -0.39 is 0 Å². The van der Waals surface area contributed by atoms with Gasteiger partial charge in [-0.2, -0.15) is 0 Å². The summed E-state index contributed by atoms with van der Waals surface area (Å²) < 4.78 is 0.969. The van der Waals surface area contributed by atoms with Crippen LogP contribution in [-0.4, -0.2) is 16.5 Å². The number of halogens is 1. The highest BCUT2D eigenvalue weighted by Crippen LogP contribution is 2.02. The summed E-state index contributed by atoms with van der Waals surface area (Å²) in [5, 5.41) is 3.11. The minimum atomic E-state index is 0.721. The summed E-state index contributed by atoms with van der Waals surface area (Å²) in [6.07, 6.45) is 2.85. The molecule has 1 N–H and O–H groups in total. The van der Waals surface area contributed by atoms with Crippen molar-refractivity contribution in [1.29, 1.82) is 0 Å². The number of rotatable bonds is 3. The summed E-state index contributed by atoms with van der Waals surface area (Å²) >= 11 is 2.17. The van der Waals surface area contributed by atoms with E-state index >= 15 is 0 Å². The van der Waals surface area contributed by atoms with Gasteiger partial charge in [-0.15, -0.1) is 0 Å². The molecule has 4 heteroatoms. The smallest absolute Gasteiger partial charge is 0.223 e. The second-order valence-corrected chi connectivity index (χ2v) is 3.23. The topological polar surface area (TPSA) is 37.8 Å². The highest BCUT2D eigenvalue weighted by molar-refractivity contribution is 14.1. The van der Waals surface area contributed by atoms with Crippen LogP contribution in [0.25, 0.3) is 0 Å². The Morgan fingerprint density at radius 2 is 2.45 bits per heavy atom. The molecule has 1 aromatic heterocycles. The Bertz CT molecular complexity index is 227. The third kappa shape index (κ3) is 3.00. The van der Waals surface area contributed by atoms with Crippen molar-refractivity contribution in [1.82, 2.24) is 9.97 Å². The van der Waals surface area contributed by atoms with Crippen molar-refractivity contribution in [3.63, 3.8) is 0 Å². The van der Waals surface area contributed by atoms with Crippen LogP contribution in [-0.2, 0) is 0 Å². The molecule has 11 heavy (non-hydrogen) atoms. The molecule has 0 amide bonds. The predicted octanol–water partition coefficient (Wildman–Crippen LogP) is 1.90. The summed E-state index contributed by atoms with van der Waals surface area (Å²) in [7, 11) is 0. The van der Waals surface area contributed by atoms with Gasteiger partial charge in [-0.25, -0.2) is 9.97 Å². The summed E-state index contributed by atoms with van der Waals surface area (Å²) in [6, 6.07) is 1.87. The number of anilines is 1. The minimum absolute atomic E-state index is 0.721. The Morgan fingerprint density at radius 3 is 3.09 bits per heavy atom. The number of aromatic nitrogens is 2. The highest BCUT2D eigenvalue weighted by Gasteiger charge is 1.92. The molecule has 0 radical (unpaired) electrons. The lowest BCUT2D eigenvalue weighted by molar-refractivity contribution is 0.949. The molecule has 60 valence electrons. The molecule has 1 heterocycles. The molecule has 0 aliphatic carbocycles. The third-order valence-corrected chi connectivity index (χ3v) is 1.76. The second kappa shape index (κ2) is 4.48. The van der Waals surface area contributed by atoms with E-state index in [1.807, 2.05) is 6.07 Å². The average Bonchev–Trinajstić information content (AvgIpc) is 2.01. The Hall–Kier alpha value is -0.390. The fraction of sp³-hybridized carbons (Fsp3) is 0.429. The van der Waals surface area contributed by atoms with Crippen molar-refractivity contribution in [3.8, 4) is 0 Å². The molecule has 0 aromatic carbocycles. The van der Waals surface area contributed by atoms with E-state index in [-0.39, 0.29) is 0 Å². The lowest BCUT2D eigenvalue weighted by atomic mass is 10.5. The monoisotopic (exact) mass is 263 g/mol. The van der Waals surface area contributed by atoms with Crippen molar-refractivity contribution in [3.05, 3.63) is 16.0 Å². The van der Waals surface area contributed by atoms with Crippen LogP contribution in [0.4, 0.5) is 5.95 Å². The molecule has 1 aromatic rings. The molecule has 0 unspecified atom stereocenters. The molecule has 3 nitrogen and oxygen atoms in total. The zero-order valence-corrected chi connectivity index (χ0v) is 8.50. The number of hydrogen-bond donors (Lipinski definition) is 1. The number of hydrogen-bond acceptors (Lipinski definition) is 3. The molecule has 0 saturated carbocycles. The van der Waals surface area contributed by atoms with E-state index in [2.05, 4.69) is 44.8 Å². The zero-order valence-electron chi connectivity index (χ0n) is 6.34. The van der Waals surface area contributed by atoms with Crippen LogP contribution < -0.4 is 5.32 Å². The van der Waals surface area contributed by atoms with E-state index in [1.165, 1.54) is 0 Å². The first-order valence-electron chi connectivity index (χ1n) is 3.55. The first kappa shape index (κ1) is 8.70. The molecule has 0 aliphatic rings. The van der Waals surface area contributed by atoms with Crippen LogP contribution in [0.3, 0.4) is 0 Å².